The molecular weight excluding hydrogens is 252 g/mol. The van der Waals surface area contributed by atoms with Gasteiger partial charge in [0.05, 0.1) is 6.04 Å². The Morgan fingerprint density at radius 3 is 2.42 bits per heavy atom. The van der Waals surface area contributed by atoms with Crippen LogP contribution in [0.3, 0.4) is 0 Å². The number of benzene rings is 1. The van der Waals surface area contributed by atoms with Crippen LogP contribution in [0.25, 0.3) is 11.4 Å². The molecule has 2 N–H and O–H groups in total. The summed E-state index contributed by atoms with van der Waals surface area (Å²) >= 11 is 0. The highest BCUT2D eigenvalue weighted by Gasteiger charge is 2.17. The maximum Gasteiger partial charge on any atom is 0.243 e. The molecule has 0 amide bonds. The van der Waals surface area contributed by atoms with Crippen molar-refractivity contribution in [3.05, 3.63) is 35.7 Å². The smallest absolute Gasteiger partial charge is 0.243 e. The lowest BCUT2D eigenvalue weighted by Crippen LogP contribution is -2.13. The van der Waals surface area contributed by atoms with Crippen LogP contribution in [0.1, 0.15) is 32.2 Å². The Morgan fingerprint density at radius 2 is 1.84 bits per heavy atom. The highest BCUT2D eigenvalue weighted by atomic mass is 19.1. The fourth-order valence-electron chi connectivity index (χ4n) is 1.79. The van der Waals surface area contributed by atoms with Gasteiger partial charge in [0.15, 0.2) is 0 Å². The Kier molecular flexibility index (Phi) is 3.90. The number of rotatable bonds is 4. The molecule has 0 fully saturated rings. The predicted octanol–water partition coefficient (Wildman–Crippen LogP) is 3.06. The molecule has 6 heteroatoms. The fraction of sp³-hybridized carbons (Fsp3) is 0.385. The molecule has 2 aromatic rings. The van der Waals surface area contributed by atoms with E-state index >= 15 is 0 Å². The van der Waals surface area contributed by atoms with Crippen molar-refractivity contribution in [2.45, 2.75) is 26.3 Å². The van der Waals surface area contributed by atoms with Crippen LogP contribution >= 0.6 is 0 Å². The molecule has 0 saturated carbocycles. The van der Waals surface area contributed by atoms with Crippen LogP contribution in [0.4, 0.5) is 8.78 Å². The third-order valence-electron chi connectivity index (χ3n) is 2.61. The molecule has 0 aliphatic rings. The molecule has 0 aliphatic heterocycles. The van der Waals surface area contributed by atoms with Crippen LogP contribution in [0.2, 0.25) is 0 Å². The fourth-order valence-corrected chi connectivity index (χ4v) is 1.79. The summed E-state index contributed by atoms with van der Waals surface area (Å²) in [6, 6.07) is 2.70. The van der Waals surface area contributed by atoms with Gasteiger partial charge in [-0.15, -0.1) is 0 Å². The van der Waals surface area contributed by atoms with Gasteiger partial charge in [-0.25, -0.2) is 8.78 Å². The van der Waals surface area contributed by atoms with E-state index in [4.69, 9.17) is 10.3 Å². The molecule has 1 heterocycles. The summed E-state index contributed by atoms with van der Waals surface area (Å²) < 4.78 is 31.2. The number of hydrogen-bond donors (Lipinski definition) is 1. The van der Waals surface area contributed by atoms with Crippen LogP contribution in [-0.4, -0.2) is 10.1 Å². The maximum atomic E-state index is 13.1. The van der Waals surface area contributed by atoms with Crippen molar-refractivity contribution >= 4 is 0 Å². The first-order valence-electron chi connectivity index (χ1n) is 6.01. The van der Waals surface area contributed by atoms with Crippen molar-refractivity contribution in [2.24, 2.45) is 11.7 Å². The van der Waals surface area contributed by atoms with Crippen LogP contribution in [0, 0.1) is 17.6 Å². The van der Waals surface area contributed by atoms with E-state index in [9.17, 15) is 8.78 Å². The molecule has 19 heavy (non-hydrogen) atoms. The zero-order valence-corrected chi connectivity index (χ0v) is 10.7. The molecule has 0 radical (unpaired) electrons. The van der Waals surface area contributed by atoms with E-state index < -0.39 is 11.6 Å². The van der Waals surface area contributed by atoms with E-state index in [0.29, 0.717) is 12.3 Å². The molecule has 0 bridgehead atoms. The highest BCUT2D eigenvalue weighted by molar-refractivity contribution is 5.54. The monoisotopic (exact) mass is 267 g/mol. The molecule has 102 valence electrons. The number of nitrogens with two attached hydrogens (primary N) is 1. The molecular formula is C13H15F2N3O. The minimum atomic E-state index is -0.687. The van der Waals surface area contributed by atoms with Crippen LogP contribution < -0.4 is 5.73 Å². The lowest BCUT2D eigenvalue weighted by Gasteiger charge is -2.08. The van der Waals surface area contributed by atoms with Crippen molar-refractivity contribution in [1.29, 1.82) is 0 Å². The van der Waals surface area contributed by atoms with Gasteiger partial charge in [0.25, 0.3) is 0 Å². The Hall–Kier alpha value is -1.82. The summed E-state index contributed by atoms with van der Waals surface area (Å²) in [6.45, 7) is 4.05. The maximum absolute atomic E-state index is 13.1. The first-order chi connectivity index (χ1) is 8.95. The summed E-state index contributed by atoms with van der Waals surface area (Å²) in [6.07, 6.45) is 0.694. The number of aromatic nitrogens is 2. The predicted molar refractivity (Wildman–Crippen MR) is 66.0 cm³/mol. The summed E-state index contributed by atoms with van der Waals surface area (Å²) in [5.41, 5.74) is 6.13. The second kappa shape index (κ2) is 5.44. The molecule has 1 atom stereocenters. The molecule has 1 aromatic carbocycles. The second-order valence-electron chi connectivity index (χ2n) is 4.85. The van der Waals surface area contributed by atoms with Crippen molar-refractivity contribution in [1.82, 2.24) is 10.1 Å². The van der Waals surface area contributed by atoms with E-state index in [1.165, 1.54) is 0 Å². The summed E-state index contributed by atoms with van der Waals surface area (Å²) in [5, 5.41) is 3.70. The van der Waals surface area contributed by atoms with Gasteiger partial charge in [-0.2, -0.15) is 4.98 Å². The van der Waals surface area contributed by atoms with E-state index in [-0.39, 0.29) is 23.3 Å². The molecule has 0 aliphatic carbocycles. The summed E-state index contributed by atoms with van der Waals surface area (Å²) in [4.78, 5) is 4.08. The van der Waals surface area contributed by atoms with Crippen molar-refractivity contribution in [3.63, 3.8) is 0 Å². The van der Waals surface area contributed by atoms with Crippen molar-refractivity contribution < 1.29 is 13.3 Å². The van der Waals surface area contributed by atoms with Gasteiger partial charge < -0.3 is 10.3 Å². The van der Waals surface area contributed by atoms with Crippen molar-refractivity contribution in [2.75, 3.05) is 0 Å². The number of nitrogens with zero attached hydrogens (tertiary/aromatic N) is 2. The van der Waals surface area contributed by atoms with Gasteiger partial charge in [-0.3, -0.25) is 0 Å². The van der Waals surface area contributed by atoms with Gasteiger partial charge in [-0.05, 0) is 24.5 Å². The second-order valence-corrected chi connectivity index (χ2v) is 4.85. The van der Waals surface area contributed by atoms with E-state index in [0.717, 1.165) is 18.2 Å². The van der Waals surface area contributed by atoms with Crippen LogP contribution in [0.15, 0.2) is 22.7 Å². The summed E-state index contributed by atoms with van der Waals surface area (Å²) in [5.74, 6) is -0.585. The normalized spacial score (nSPS) is 12.9. The molecule has 0 spiro atoms. The Balaban J connectivity index is 2.25. The van der Waals surface area contributed by atoms with E-state index in [1.54, 1.807) is 0 Å². The van der Waals surface area contributed by atoms with Crippen LogP contribution in [0.5, 0.6) is 0 Å². The lowest BCUT2D eigenvalue weighted by atomic mass is 10.0. The molecule has 1 aromatic heterocycles. The molecule has 0 saturated heterocycles. The number of hydrogen-bond acceptors (Lipinski definition) is 4. The van der Waals surface area contributed by atoms with E-state index in [1.807, 2.05) is 13.8 Å². The van der Waals surface area contributed by atoms with Gasteiger partial charge in [-0.1, -0.05) is 19.0 Å². The Bertz CT molecular complexity index is 549. The highest BCUT2D eigenvalue weighted by Crippen LogP contribution is 2.22. The minimum Gasteiger partial charge on any atom is -0.337 e. The average Bonchev–Trinajstić information content (AvgIpc) is 2.75. The quantitative estimate of drug-likeness (QED) is 0.924. The zero-order chi connectivity index (χ0) is 14.0. The van der Waals surface area contributed by atoms with Crippen LogP contribution in [-0.2, 0) is 0 Å². The standard InChI is InChI=1S/C13H15F2N3O/c1-7(2)3-11(16)13-17-12(18-19-13)8-4-9(14)6-10(15)5-8/h4-7,11H,3,16H2,1-2H3/t11-/m0/s1. The minimum absolute atomic E-state index is 0.132. The average molecular weight is 267 g/mol. The Morgan fingerprint density at radius 1 is 1.21 bits per heavy atom. The largest absolute Gasteiger partial charge is 0.337 e. The molecule has 4 nitrogen and oxygen atoms in total. The van der Waals surface area contributed by atoms with Gasteiger partial charge >= 0.3 is 0 Å². The van der Waals surface area contributed by atoms with E-state index in [2.05, 4.69) is 10.1 Å². The first kappa shape index (κ1) is 13.6. The lowest BCUT2D eigenvalue weighted by molar-refractivity contribution is 0.335. The summed E-state index contributed by atoms with van der Waals surface area (Å²) in [7, 11) is 0. The topological polar surface area (TPSA) is 64.9 Å². The SMILES string of the molecule is CC(C)C[C@H](N)c1nc(-c2cc(F)cc(F)c2)no1. The third kappa shape index (κ3) is 3.35. The number of halogens is 2. The van der Waals surface area contributed by atoms with Crippen molar-refractivity contribution in [3.8, 4) is 11.4 Å². The zero-order valence-electron chi connectivity index (χ0n) is 10.7. The van der Waals surface area contributed by atoms with Gasteiger partial charge in [0.1, 0.15) is 11.6 Å². The molecule has 2 rings (SSSR count). The van der Waals surface area contributed by atoms with Gasteiger partial charge in [0, 0.05) is 11.6 Å². The van der Waals surface area contributed by atoms with Gasteiger partial charge in [0.2, 0.25) is 11.7 Å². The third-order valence-corrected chi connectivity index (χ3v) is 2.61. The first-order valence-corrected chi connectivity index (χ1v) is 6.01. The molecule has 0 unspecified atom stereocenters. The Labute approximate surface area is 109 Å².